The zero-order valence-corrected chi connectivity index (χ0v) is 18.1. The van der Waals surface area contributed by atoms with Crippen LogP contribution >= 0.6 is 22.9 Å². The van der Waals surface area contributed by atoms with Crippen LogP contribution in [0.3, 0.4) is 0 Å². The van der Waals surface area contributed by atoms with Gasteiger partial charge in [0.05, 0.1) is 23.4 Å². The quantitative estimate of drug-likeness (QED) is 0.471. The van der Waals surface area contributed by atoms with Gasteiger partial charge >= 0.3 is 12.1 Å². The number of carbonyl (C=O) groups excluding carboxylic acids is 2. The number of thiophene rings is 1. The number of aromatic nitrogens is 1. The number of nitrogens with one attached hydrogen (secondary N) is 1. The smallest absolute Gasteiger partial charge is 0.418 e. The van der Waals surface area contributed by atoms with Gasteiger partial charge in [0, 0.05) is 21.3 Å². The molecule has 0 aliphatic heterocycles. The second kappa shape index (κ2) is 9.15. The fraction of sp³-hybridized carbons (Fsp3) is 0.238. The normalized spacial score (nSPS) is 11.4. The van der Waals surface area contributed by atoms with Gasteiger partial charge in [-0.05, 0) is 49.6 Å². The molecule has 0 saturated carbocycles. The van der Waals surface area contributed by atoms with Crippen LogP contribution in [-0.4, -0.2) is 23.1 Å². The fourth-order valence-electron chi connectivity index (χ4n) is 3.06. The highest BCUT2D eigenvalue weighted by Gasteiger charge is 2.34. The Kier molecular flexibility index (Phi) is 6.76. The minimum atomic E-state index is -4.70. The summed E-state index contributed by atoms with van der Waals surface area (Å²) in [5.74, 6) is -1.62. The van der Waals surface area contributed by atoms with Gasteiger partial charge in [-0.1, -0.05) is 17.7 Å². The third-order valence-electron chi connectivity index (χ3n) is 4.58. The maximum Gasteiger partial charge on any atom is 0.418 e. The molecule has 0 bridgehead atoms. The highest BCUT2D eigenvalue weighted by molar-refractivity contribution is 7.09. The number of carbonyl (C=O) groups is 2. The first-order valence-corrected chi connectivity index (χ1v) is 10.3. The van der Waals surface area contributed by atoms with E-state index in [4.69, 9.17) is 16.3 Å². The third-order valence-corrected chi connectivity index (χ3v) is 5.68. The predicted octanol–water partition coefficient (Wildman–Crippen LogP) is 5.68. The van der Waals surface area contributed by atoms with E-state index in [0.717, 1.165) is 16.6 Å². The molecule has 0 saturated heterocycles. The zero-order chi connectivity index (χ0) is 22.8. The Morgan fingerprint density at radius 2 is 1.94 bits per heavy atom. The number of rotatable bonds is 6. The first kappa shape index (κ1) is 22.9. The number of nitrogens with zero attached hydrogens (tertiary/aromatic N) is 1. The van der Waals surface area contributed by atoms with Gasteiger partial charge in [0.25, 0.3) is 5.91 Å². The Labute approximate surface area is 185 Å². The van der Waals surface area contributed by atoms with Crippen LogP contribution < -0.4 is 5.32 Å². The van der Waals surface area contributed by atoms with E-state index < -0.39 is 35.9 Å². The predicted molar refractivity (Wildman–Crippen MR) is 113 cm³/mol. The first-order valence-electron chi connectivity index (χ1n) is 9.09. The van der Waals surface area contributed by atoms with E-state index in [2.05, 4.69) is 5.32 Å². The number of ether oxygens (including phenoxy) is 1. The van der Waals surface area contributed by atoms with E-state index in [9.17, 15) is 22.8 Å². The van der Waals surface area contributed by atoms with Crippen LogP contribution in [0.1, 0.15) is 32.2 Å². The van der Waals surface area contributed by atoms with Crippen molar-refractivity contribution >= 4 is 40.5 Å². The Bertz CT molecular complexity index is 1110. The van der Waals surface area contributed by atoms with Gasteiger partial charge in [0.2, 0.25) is 0 Å². The van der Waals surface area contributed by atoms with E-state index in [1.165, 1.54) is 6.07 Å². The summed E-state index contributed by atoms with van der Waals surface area (Å²) in [7, 11) is 0. The van der Waals surface area contributed by atoms with Crippen molar-refractivity contribution in [1.82, 2.24) is 4.57 Å². The lowest BCUT2D eigenvalue weighted by molar-refractivity contribution is -0.137. The van der Waals surface area contributed by atoms with Gasteiger partial charge in [0.15, 0.2) is 6.61 Å². The number of hydrogen-bond donors (Lipinski definition) is 1. The summed E-state index contributed by atoms with van der Waals surface area (Å²) in [6.45, 7) is 3.48. The molecule has 0 atom stereocenters. The van der Waals surface area contributed by atoms with Gasteiger partial charge in [-0.3, -0.25) is 4.79 Å². The van der Waals surface area contributed by atoms with E-state index in [1.807, 2.05) is 29.0 Å². The number of halogens is 4. The number of alkyl halides is 3. The number of amides is 1. The molecule has 0 aliphatic carbocycles. The lowest BCUT2D eigenvalue weighted by Crippen LogP contribution is -2.23. The molecule has 0 aliphatic rings. The van der Waals surface area contributed by atoms with Gasteiger partial charge in [-0.25, -0.2) is 4.79 Å². The third kappa shape index (κ3) is 5.48. The number of anilines is 1. The molecule has 0 spiro atoms. The molecule has 1 amide bonds. The van der Waals surface area contributed by atoms with Crippen LogP contribution in [0.2, 0.25) is 5.02 Å². The summed E-state index contributed by atoms with van der Waals surface area (Å²) in [5.41, 5.74) is 0.264. The monoisotopic (exact) mass is 470 g/mol. The Balaban J connectivity index is 1.66. The topological polar surface area (TPSA) is 60.3 Å². The molecule has 164 valence electrons. The lowest BCUT2D eigenvalue weighted by Gasteiger charge is -2.14. The molecular weight excluding hydrogens is 453 g/mol. The fourth-order valence-corrected chi connectivity index (χ4v) is 3.93. The Morgan fingerprint density at radius 3 is 2.58 bits per heavy atom. The summed E-state index contributed by atoms with van der Waals surface area (Å²) in [5, 5.41) is 3.96. The molecule has 2 heterocycles. The molecule has 3 aromatic rings. The SMILES string of the molecule is Cc1cc(C(=O)OCC(=O)Nc2ccc(Cl)cc2C(F)(F)F)c(C)n1Cc1cccs1. The standard InChI is InChI=1S/C21H18ClF3N2O3S/c1-12-8-16(13(2)27(12)10-15-4-3-7-31-15)20(29)30-11-19(28)26-18-6-5-14(22)9-17(18)21(23,24)25/h3-9H,10-11H2,1-2H3,(H,26,28). The second-order valence-electron chi connectivity index (χ2n) is 6.76. The molecule has 0 radical (unpaired) electrons. The van der Waals surface area contributed by atoms with Crippen molar-refractivity contribution in [3.05, 3.63) is 74.2 Å². The number of aryl methyl sites for hydroxylation is 1. The largest absolute Gasteiger partial charge is 0.452 e. The zero-order valence-electron chi connectivity index (χ0n) is 16.5. The molecule has 1 aromatic carbocycles. The maximum atomic E-state index is 13.1. The van der Waals surface area contributed by atoms with Gasteiger partial charge in [-0.15, -0.1) is 11.3 Å². The van der Waals surface area contributed by atoms with Crippen LogP contribution in [0.15, 0.2) is 41.8 Å². The van der Waals surface area contributed by atoms with Crippen molar-refractivity contribution in [2.45, 2.75) is 26.6 Å². The molecule has 0 fully saturated rings. The second-order valence-corrected chi connectivity index (χ2v) is 8.23. The average molecular weight is 471 g/mol. The summed E-state index contributed by atoms with van der Waals surface area (Å²) in [6.07, 6.45) is -4.70. The van der Waals surface area contributed by atoms with Crippen molar-refractivity contribution in [3.8, 4) is 0 Å². The van der Waals surface area contributed by atoms with E-state index in [-0.39, 0.29) is 5.02 Å². The highest BCUT2D eigenvalue weighted by atomic mass is 35.5. The van der Waals surface area contributed by atoms with Gasteiger partial charge in [-0.2, -0.15) is 13.2 Å². The molecular formula is C21H18ClF3N2O3S. The van der Waals surface area contributed by atoms with Crippen LogP contribution in [0, 0.1) is 13.8 Å². The Hall–Kier alpha value is -2.78. The van der Waals surface area contributed by atoms with Gasteiger partial charge < -0.3 is 14.6 Å². The molecule has 2 aromatic heterocycles. The maximum absolute atomic E-state index is 13.1. The molecule has 1 N–H and O–H groups in total. The first-order chi connectivity index (χ1) is 14.6. The number of benzene rings is 1. The molecule has 10 heteroatoms. The summed E-state index contributed by atoms with van der Waals surface area (Å²) >= 11 is 7.21. The van der Waals surface area contributed by atoms with Crippen molar-refractivity contribution in [1.29, 1.82) is 0 Å². The van der Waals surface area contributed by atoms with Crippen molar-refractivity contribution in [2.24, 2.45) is 0 Å². The molecule has 3 rings (SSSR count). The highest BCUT2D eigenvalue weighted by Crippen LogP contribution is 2.36. The molecule has 0 unspecified atom stereocenters. The molecule has 31 heavy (non-hydrogen) atoms. The van der Waals surface area contributed by atoms with E-state index >= 15 is 0 Å². The summed E-state index contributed by atoms with van der Waals surface area (Å²) in [6, 6.07) is 8.56. The lowest BCUT2D eigenvalue weighted by atomic mass is 10.1. The summed E-state index contributed by atoms with van der Waals surface area (Å²) < 4.78 is 46.4. The minimum Gasteiger partial charge on any atom is -0.452 e. The molecule has 5 nitrogen and oxygen atoms in total. The summed E-state index contributed by atoms with van der Waals surface area (Å²) in [4.78, 5) is 25.7. The Morgan fingerprint density at radius 1 is 1.19 bits per heavy atom. The van der Waals surface area contributed by atoms with Crippen LogP contribution in [-0.2, 0) is 22.3 Å². The van der Waals surface area contributed by atoms with Crippen molar-refractivity contribution in [2.75, 3.05) is 11.9 Å². The average Bonchev–Trinajstić information content (AvgIpc) is 3.30. The van der Waals surface area contributed by atoms with Crippen molar-refractivity contribution in [3.63, 3.8) is 0 Å². The van der Waals surface area contributed by atoms with Crippen LogP contribution in [0.5, 0.6) is 0 Å². The van der Waals surface area contributed by atoms with Crippen LogP contribution in [0.4, 0.5) is 18.9 Å². The van der Waals surface area contributed by atoms with Gasteiger partial charge in [0.1, 0.15) is 0 Å². The van der Waals surface area contributed by atoms with Crippen molar-refractivity contribution < 1.29 is 27.5 Å². The number of esters is 1. The van der Waals surface area contributed by atoms with E-state index in [0.29, 0.717) is 23.9 Å². The number of hydrogen-bond acceptors (Lipinski definition) is 4. The van der Waals surface area contributed by atoms with E-state index in [1.54, 1.807) is 24.3 Å². The minimum absolute atomic E-state index is 0.116. The van der Waals surface area contributed by atoms with Crippen LogP contribution in [0.25, 0.3) is 0 Å².